The molecule has 3 aliphatic heterocycles. The van der Waals surface area contributed by atoms with Crippen LogP contribution in [0, 0.1) is 11.3 Å². The quantitative estimate of drug-likeness (QED) is 0.666. The van der Waals surface area contributed by atoms with Gasteiger partial charge in [0.2, 0.25) is 0 Å². The molecular formula is C10H17NS. The zero-order valence-corrected chi connectivity index (χ0v) is 8.33. The molecule has 4 aliphatic rings. The lowest BCUT2D eigenvalue weighted by Crippen LogP contribution is -2.41. The van der Waals surface area contributed by atoms with Crippen LogP contribution < -0.4 is 5.32 Å². The van der Waals surface area contributed by atoms with Gasteiger partial charge in [0, 0.05) is 12.6 Å². The third-order valence-corrected chi connectivity index (χ3v) is 5.18. The highest BCUT2D eigenvalue weighted by molar-refractivity contribution is 7.99. The van der Waals surface area contributed by atoms with Crippen molar-refractivity contribution in [2.24, 2.45) is 11.3 Å². The molecule has 0 aromatic carbocycles. The van der Waals surface area contributed by atoms with Gasteiger partial charge in [-0.25, -0.2) is 0 Å². The first-order chi connectivity index (χ1) is 5.89. The summed E-state index contributed by atoms with van der Waals surface area (Å²) in [5, 5.41) is 3.62. The molecule has 0 aromatic rings. The van der Waals surface area contributed by atoms with E-state index < -0.39 is 0 Å². The highest BCUT2D eigenvalue weighted by Gasteiger charge is 2.54. The molecule has 0 amide bonds. The topological polar surface area (TPSA) is 12.0 Å². The molecule has 2 heteroatoms. The van der Waals surface area contributed by atoms with Crippen LogP contribution in [-0.2, 0) is 0 Å². The lowest BCUT2D eigenvalue weighted by molar-refractivity contribution is 0.0941. The number of rotatable bonds is 1. The van der Waals surface area contributed by atoms with Crippen molar-refractivity contribution in [1.29, 1.82) is 0 Å². The number of hydrogen-bond acceptors (Lipinski definition) is 2. The maximum Gasteiger partial charge on any atom is 0.00790 e. The van der Waals surface area contributed by atoms with Gasteiger partial charge in [-0.1, -0.05) is 0 Å². The SMILES string of the molecule is C1CC(C23CNC(C2)C3)CCS1. The second-order valence-electron chi connectivity index (χ2n) is 4.74. The first kappa shape index (κ1) is 7.69. The highest BCUT2D eigenvalue weighted by atomic mass is 32.2. The molecule has 0 unspecified atom stereocenters. The molecule has 0 radical (unpaired) electrons. The third-order valence-electron chi connectivity index (χ3n) is 4.14. The minimum absolute atomic E-state index is 0.783. The van der Waals surface area contributed by atoms with Gasteiger partial charge in [0.05, 0.1) is 0 Å². The molecule has 1 aliphatic carbocycles. The van der Waals surface area contributed by atoms with Gasteiger partial charge in [-0.2, -0.15) is 11.8 Å². The summed E-state index contributed by atoms with van der Waals surface area (Å²) in [5.41, 5.74) is 0.783. The summed E-state index contributed by atoms with van der Waals surface area (Å²) in [6.07, 6.45) is 6.00. The second-order valence-corrected chi connectivity index (χ2v) is 5.96. The van der Waals surface area contributed by atoms with Gasteiger partial charge in [0.25, 0.3) is 0 Å². The number of hydrogen-bond donors (Lipinski definition) is 1. The van der Waals surface area contributed by atoms with Gasteiger partial charge in [0.15, 0.2) is 0 Å². The molecule has 12 heavy (non-hydrogen) atoms. The van der Waals surface area contributed by atoms with Crippen LogP contribution in [0.15, 0.2) is 0 Å². The van der Waals surface area contributed by atoms with Gasteiger partial charge in [-0.15, -0.1) is 0 Å². The smallest absolute Gasteiger partial charge is 0.00790 e. The Hall–Kier alpha value is 0.310. The van der Waals surface area contributed by atoms with Crippen molar-refractivity contribution >= 4 is 11.8 Å². The monoisotopic (exact) mass is 183 g/mol. The van der Waals surface area contributed by atoms with Crippen LogP contribution in [0.2, 0.25) is 0 Å². The Labute approximate surface area is 78.7 Å². The molecule has 3 heterocycles. The van der Waals surface area contributed by atoms with Crippen molar-refractivity contribution in [3.63, 3.8) is 0 Å². The standard InChI is InChI=1S/C10H17NS/c1-3-12-4-2-8(1)10-5-9(6-10)11-7-10/h8-9,11H,1-7H2. The summed E-state index contributed by atoms with van der Waals surface area (Å²) in [7, 11) is 0. The van der Waals surface area contributed by atoms with Crippen molar-refractivity contribution in [3.8, 4) is 0 Å². The van der Waals surface area contributed by atoms with Crippen LogP contribution in [0.1, 0.15) is 25.7 Å². The Morgan fingerprint density at radius 3 is 2.50 bits per heavy atom. The van der Waals surface area contributed by atoms with Crippen molar-refractivity contribution < 1.29 is 0 Å². The molecule has 1 nitrogen and oxygen atoms in total. The van der Waals surface area contributed by atoms with E-state index in [0.29, 0.717) is 0 Å². The lowest BCUT2D eigenvalue weighted by Gasteiger charge is -2.45. The average molecular weight is 183 g/mol. The molecule has 0 aromatic heterocycles. The van der Waals surface area contributed by atoms with E-state index in [1.165, 1.54) is 43.7 Å². The molecule has 68 valence electrons. The number of fused-ring (bicyclic) bond motifs is 1. The Kier molecular flexibility index (Phi) is 1.70. The third kappa shape index (κ3) is 0.973. The van der Waals surface area contributed by atoms with Crippen LogP contribution in [0.4, 0.5) is 0 Å². The molecule has 4 rings (SSSR count). The predicted octanol–water partition coefficient (Wildman–Crippen LogP) is 1.88. The highest BCUT2D eigenvalue weighted by Crippen LogP contribution is 2.55. The molecule has 0 atom stereocenters. The van der Waals surface area contributed by atoms with E-state index in [1.807, 2.05) is 0 Å². The lowest BCUT2D eigenvalue weighted by atomic mass is 9.61. The van der Waals surface area contributed by atoms with E-state index in [1.54, 1.807) is 0 Å². The van der Waals surface area contributed by atoms with Gasteiger partial charge >= 0.3 is 0 Å². The Bertz CT molecular complexity index is 175. The molecule has 1 N–H and O–H groups in total. The molecule has 3 saturated heterocycles. The molecular weight excluding hydrogens is 166 g/mol. The largest absolute Gasteiger partial charge is 0.313 e. The normalized spacial score (nSPS) is 47.5. The van der Waals surface area contributed by atoms with Crippen LogP contribution in [0.25, 0.3) is 0 Å². The van der Waals surface area contributed by atoms with Crippen molar-refractivity contribution in [3.05, 3.63) is 0 Å². The van der Waals surface area contributed by atoms with Gasteiger partial charge in [-0.3, -0.25) is 0 Å². The van der Waals surface area contributed by atoms with E-state index in [4.69, 9.17) is 0 Å². The van der Waals surface area contributed by atoms with Crippen LogP contribution in [-0.4, -0.2) is 24.1 Å². The van der Waals surface area contributed by atoms with Crippen molar-refractivity contribution in [1.82, 2.24) is 5.32 Å². The fourth-order valence-corrected chi connectivity index (χ4v) is 4.45. The summed E-state index contributed by atoms with van der Waals surface area (Å²) < 4.78 is 0. The summed E-state index contributed by atoms with van der Waals surface area (Å²) >= 11 is 2.15. The Morgan fingerprint density at radius 2 is 1.92 bits per heavy atom. The van der Waals surface area contributed by atoms with E-state index in [9.17, 15) is 0 Å². The average Bonchev–Trinajstić information content (AvgIpc) is 2.63. The summed E-state index contributed by atoms with van der Waals surface area (Å²) in [4.78, 5) is 0. The van der Waals surface area contributed by atoms with Crippen LogP contribution >= 0.6 is 11.8 Å². The van der Waals surface area contributed by atoms with Crippen LogP contribution in [0.3, 0.4) is 0 Å². The zero-order chi connectivity index (χ0) is 8.02. The first-order valence-electron chi connectivity index (χ1n) is 5.20. The van der Waals surface area contributed by atoms with Crippen LogP contribution in [0.5, 0.6) is 0 Å². The molecule has 1 saturated carbocycles. The summed E-state index contributed by atoms with van der Waals surface area (Å²) in [6.45, 7) is 1.34. The van der Waals surface area contributed by atoms with E-state index in [-0.39, 0.29) is 0 Å². The summed E-state index contributed by atoms with van der Waals surface area (Å²) in [6, 6.07) is 0.916. The molecule has 2 bridgehead atoms. The van der Waals surface area contributed by atoms with Gasteiger partial charge in [-0.05, 0) is 48.5 Å². The predicted molar refractivity (Wildman–Crippen MR) is 53.5 cm³/mol. The number of thioether (sulfide) groups is 1. The fraction of sp³-hybridized carbons (Fsp3) is 1.00. The van der Waals surface area contributed by atoms with Gasteiger partial charge < -0.3 is 5.32 Å². The molecule has 4 fully saturated rings. The van der Waals surface area contributed by atoms with E-state index in [0.717, 1.165) is 17.4 Å². The van der Waals surface area contributed by atoms with E-state index >= 15 is 0 Å². The number of nitrogens with one attached hydrogen (secondary N) is 1. The summed E-state index contributed by atoms with van der Waals surface area (Å²) in [5.74, 6) is 3.93. The maximum atomic E-state index is 3.62. The van der Waals surface area contributed by atoms with Crippen molar-refractivity contribution in [2.45, 2.75) is 31.7 Å². The second kappa shape index (κ2) is 2.65. The minimum Gasteiger partial charge on any atom is -0.313 e. The Balaban J connectivity index is 1.71. The first-order valence-corrected chi connectivity index (χ1v) is 6.36. The van der Waals surface area contributed by atoms with E-state index in [2.05, 4.69) is 17.1 Å². The van der Waals surface area contributed by atoms with Gasteiger partial charge in [0.1, 0.15) is 0 Å². The Morgan fingerprint density at radius 1 is 1.17 bits per heavy atom. The molecule has 0 spiro atoms. The van der Waals surface area contributed by atoms with Crippen molar-refractivity contribution in [2.75, 3.05) is 18.1 Å². The fourth-order valence-electron chi connectivity index (χ4n) is 3.35. The zero-order valence-electron chi connectivity index (χ0n) is 7.51. The minimum atomic E-state index is 0.783. The maximum absolute atomic E-state index is 3.62.